The standard InChI is InChI=1S/C13H11FN2O4S/c14-11-3-1-2-9(7-11)6-10-4-5-12(16(17)18)8-13(10)21(15,19)20/h1-5,7-8H,6H2,(H2,15,19,20). The minimum absolute atomic E-state index is 0.0987. The van der Waals surface area contributed by atoms with E-state index in [1.54, 1.807) is 6.07 Å². The fraction of sp³-hybridized carbons (Fsp3) is 0.0769. The Hall–Kier alpha value is -2.32. The Labute approximate surface area is 120 Å². The molecule has 110 valence electrons. The second-order valence-corrected chi connectivity index (χ2v) is 5.93. The number of rotatable bonds is 4. The fourth-order valence-corrected chi connectivity index (χ4v) is 2.73. The van der Waals surface area contributed by atoms with Gasteiger partial charge in [-0.05, 0) is 29.7 Å². The molecule has 6 nitrogen and oxygen atoms in total. The van der Waals surface area contributed by atoms with E-state index in [0.717, 1.165) is 6.07 Å². The molecule has 0 atom stereocenters. The third-order valence-electron chi connectivity index (χ3n) is 2.85. The number of nitro benzene ring substituents is 1. The minimum Gasteiger partial charge on any atom is -0.258 e. The largest absolute Gasteiger partial charge is 0.270 e. The molecule has 0 radical (unpaired) electrons. The van der Waals surface area contributed by atoms with Gasteiger partial charge < -0.3 is 0 Å². The average Bonchev–Trinajstić information content (AvgIpc) is 2.37. The number of hydrogen-bond acceptors (Lipinski definition) is 4. The zero-order valence-corrected chi connectivity index (χ0v) is 11.5. The SMILES string of the molecule is NS(=O)(=O)c1cc([N+](=O)[O-])ccc1Cc1cccc(F)c1. The van der Waals surface area contributed by atoms with E-state index in [1.807, 2.05) is 0 Å². The average molecular weight is 310 g/mol. The summed E-state index contributed by atoms with van der Waals surface area (Å²) in [6.45, 7) is 0. The first-order valence-electron chi connectivity index (χ1n) is 5.82. The molecule has 2 rings (SSSR count). The van der Waals surface area contributed by atoms with Gasteiger partial charge in [0.25, 0.3) is 5.69 Å². The van der Waals surface area contributed by atoms with Crippen LogP contribution < -0.4 is 5.14 Å². The molecule has 0 fully saturated rings. The van der Waals surface area contributed by atoms with Crippen molar-refractivity contribution < 1.29 is 17.7 Å². The lowest BCUT2D eigenvalue weighted by molar-refractivity contribution is -0.385. The zero-order chi connectivity index (χ0) is 15.6. The molecule has 0 saturated heterocycles. The Bertz CT molecular complexity index is 806. The van der Waals surface area contributed by atoms with Gasteiger partial charge in [0.05, 0.1) is 9.82 Å². The van der Waals surface area contributed by atoms with Crippen LogP contribution in [0.3, 0.4) is 0 Å². The third-order valence-corrected chi connectivity index (χ3v) is 3.84. The van der Waals surface area contributed by atoms with Gasteiger partial charge in [0.15, 0.2) is 0 Å². The molecule has 0 heterocycles. The summed E-state index contributed by atoms with van der Waals surface area (Å²) in [7, 11) is -4.12. The normalized spacial score (nSPS) is 11.3. The van der Waals surface area contributed by atoms with Crippen molar-refractivity contribution in [2.45, 2.75) is 11.3 Å². The lowest BCUT2D eigenvalue weighted by Gasteiger charge is -2.08. The number of nitro groups is 1. The third kappa shape index (κ3) is 3.61. The number of non-ortho nitro benzene ring substituents is 1. The summed E-state index contributed by atoms with van der Waals surface area (Å²) in [5.74, 6) is -0.452. The van der Waals surface area contributed by atoms with Gasteiger partial charge >= 0.3 is 0 Å². The van der Waals surface area contributed by atoms with Gasteiger partial charge in [-0.25, -0.2) is 17.9 Å². The molecule has 21 heavy (non-hydrogen) atoms. The summed E-state index contributed by atoms with van der Waals surface area (Å²) in [5.41, 5.74) is 0.435. The van der Waals surface area contributed by atoms with Crippen LogP contribution in [0.2, 0.25) is 0 Å². The molecule has 0 unspecified atom stereocenters. The van der Waals surface area contributed by atoms with E-state index in [9.17, 15) is 22.9 Å². The number of hydrogen-bond donors (Lipinski definition) is 1. The monoisotopic (exact) mass is 310 g/mol. The van der Waals surface area contributed by atoms with Crippen molar-refractivity contribution in [3.05, 3.63) is 69.5 Å². The van der Waals surface area contributed by atoms with Crippen LogP contribution in [0.1, 0.15) is 11.1 Å². The van der Waals surface area contributed by atoms with Crippen molar-refractivity contribution in [1.82, 2.24) is 0 Å². The van der Waals surface area contributed by atoms with Crippen molar-refractivity contribution in [2.24, 2.45) is 5.14 Å². The molecular formula is C13H11FN2O4S. The second-order valence-electron chi connectivity index (χ2n) is 4.40. The lowest BCUT2D eigenvalue weighted by Crippen LogP contribution is -2.15. The molecular weight excluding hydrogens is 299 g/mol. The van der Waals surface area contributed by atoms with Crippen LogP contribution in [-0.4, -0.2) is 13.3 Å². The number of nitrogens with zero attached hydrogens (tertiary/aromatic N) is 1. The Morgan fingerprint density at radius 1 is 1.19 bits per heavy atom. The van der Waals surface area contributed by atoms with Crippen LogP contribution >= 0.6 is 0 Å². The van der Waals surface area contributed by atoms with Crippen molar-refractivity contribution >= 4 is 15.7 Å². The van der Waals surface area contributed by atoms with E-state index in [0.29, 0.717) is 5.56 Å². The van der Waals surface area contributed by atoms with Crippen LogP contribution in [0.5, 0.6) is 0 Å². The summed E-state index contributed by atoms with van der Waals surface area (Å²) in [6, 6.07) is 9.04. The first-order valence-corrected chi connectivity index (χ1v) is 7.36. The summed E-state index contributed by atoms with van der Waals surface area (Å²) < 4.78 is 36.3. The first-order chi connectivity index (χ1) is 9.77. The summed E-state index contributed by atoms with van der Waals surface area (Å²) >= 11 is 0. The summed E-state index contributed by atoms with van der Waals surface area (Å²) in [4.78, 5) is 9.67. The molecule has 0 aromatic heterocycles. The van der Waals surface area contributed by atoms with Gasteiger partial charge in [-0.15, -0.1) is 0 Å². The second kappa shape index (κ2) is 5.58. The van der Waals surface area contributed by atoms with E-state index in [1.165, 1.54) is 30.3 Å². The molecule has 0 aliphatic heterocycles. The highest BCUT2D eigenvalue weighted by Gasteiger charge is 2.19. The Morgan fingerprint density at radius 3 is 2.48 bits per heavy atom. The highest BCUT2D eigenvalue weighted by atomic mass is 32.2. The molecule has 0 bridgehead atoms. The lowest BCUT2D eigenvalue weighted by atomic mass is 10.0. The number of sulfonamides is 1. The van der Waals surface area contributed by atoms with Crippen LogP contribution in [-0.2, 0) is 16.4 Å². The van der Waals surface area contributed by atoms with Crippen molar-refractivity contribution in [3.63, 3.8) is 0 Å². The van der Waals surface area contributed by atoms with E-state index in [2.05, 4.69) is 0 Å². The maximum atomic E-state index is 13.1. The molecule has 2 N–H and O–H groups in total. The maximum Gasteiger partial charge on any atom is 0.270 e. The Morgan fingerprint density at radius 2 is 1.90 bits per heavy atom. The number of halogens is 1. The van der Waals surface area contributed by atoms with Crippen molar-refractivity contribution in [2.75, 3.05) is 0 Å². The van der Waals surface area contributed by atoms with Crippen molar-refractivity contribution in [3.8, 4) is 0 Å². The molecule has 0 spiro atoms. The van der Waals surface area contributed by atoms with Gasteiger partial charge in [-0.1, -0.05) is 18.2 Å². The van der Waals surface area contributed by atoms with E-state index in [4.69, 9.17) is 5.14 Å². The molecule has 2 aromatic carbocycles. The van der Waals surface area contributed by atoms with Crippen LogP contribution in [0.15, 0.2) is 47.4 Å². The smallest absolute Gasteiger partial charge is 0.258 e. The van der Waals surface area contributed by atoms with E-state index in [-0.39, 0.29) is 22.6 Å². The Balaban J connectivity index is 2.51. The zero-order valence-electron chi connectivity index (χ0n) is 10.7. The predicted molar refractivity (Wildman–Crippen MR) is 73.7 cm³/mol. The number of benzene rings is 2. The highest BCUT2D eigenvalue weighted by molar-refractivity contribution is 7.89. The highest BCUT2D eigenvalue weighted by Crippen LogP contribution is 2.23. The first kappa shape index (κ1) is 15.1. The maximum absolute atomic E-state index is 13.1. The molecule has 8 heteroatoms. The van der Waals surface area contributed by atoms with E-state index >= 15 is 0 Å². The summed E-state index contributed by atoms with van der Waals surface area (Å²) in [5, 5.41) is 15.8. The number of nitrogens with two attached hydrogens (primary N) is 1. The van der Waals surface area contributed by atoms with Crippen LogP contribution in [0, 0.1) is 15.9 Å². The Kier molecular flexibility index (Phi) is 4.01. The quantitative estimate of drug-likeness (QED) is 0.688. The topological polar surface area (TPSA) is 103 Å². The molecule has 0 amide bonds. The summed E-state index contributed by atoms with van der Waals surface area (Å²) in [6.07, 6.45) is 0.0987. The van der Waals surface area contributed by atoms with Gasteiger partial charge in [0.2, 0.25) is 10.0 Å². The molecule has 0 aliphatic rings. The van der Waals surface area contributed by atoms with Crippen LogP contribution in [0.4, 0.5) is 10.1 Å². The van der Waals surface area contributed by atoms with Gasteiger partial charge in [0.1, 0.15) is 5.82 Å². The van der Waals surface area contributed by atoms with E-state index < -0.39 is 20.8 Å². The van der Waals surface area contributed by atoms with Gasteiger partial charge in [0, 0.05) is 12.1 Å². The number of primary sulfonamides is 1. The predicted octanol–water partition coefficient (Wildman–Crippen LogP) is 1.97. The van der Waals surface area contributed by atoms with Crippen LogP contribution in [0.25, 0.3) is 0 Å². The van der Waals surface area contributed by atoms with Gasteiger partial charge in [-0.2, -0.15) is 0 Å². The molecule has 2 aromatic rings. The van der Waals surface area contributed by atoms with Gasteiger partial charge in [-0.3, -0.25) is 10.1 Å². The molecule has 0 aliphatic carbocycles. The molecule has 0 saturated carbocycles. The van der Waals surface area contributed by atoms with Crippen molar-refractivity contribution in [1.29, 1.82) is 0 Å². The minimum atomic E-state index is -4.12. The fourth-order valence-electron chi connectivity index (χ4n) is 1.93.